The van der Waals surface area contributed by atoms with E-state index in [0.29, 0.717) is 11.3 Å². The standard InChI is InChI=1S/C12H10F3IN4/c1-7-6-20(11(17)19-7)18-5-8-2-3-9(10(16)4-8)12(13,14)15/h2-6H,1H3,(H2,17,19). The maximum absolute atomic E-state index is 12.6. The molecule has 0 fully saturated rings. The quantitative estimate of drug-likeness (QED) is 0.628. The van der Waals surface area contributed by atoms with E-state index in [1.54, 1.807) is 35.7 Å². The van der Waals surface area contributed by atoms with Crippen LogP contribution in [-0.4, -0.2) is 15.9 Å². The number of alkyl halides is 3. The molecule has 2 aromatic rings. The van der Waals surface area contributed by atoms with Crippen LogP contribution in [-0.2, 0) is 6.18 Å². The third kappa shape index (κ3) is 3.30. The molecule has 0 saturated heterocycles. The zero-order valence-corrected chi connectivity index (χ0v) is 12.5. The molecule has 0 aliphatic rings. The Labute approximate surface area is 126 Å². The summed E-state index contributed by atoms with van der Waals surface area (Å²) in [4.78, 5) is 3.96. The summed E-state index contributed by atoms with van der Waals surface area (Å²) >= 11 is 1.65. The second-order valence-corrected chi connectivity index (χ2v) is 5.23. The molecule has 8 heteroatoms. The fourth-order valence-electron chi connectivity index (χ4n) is 1.57. The Hall–Kier alpha value is -1.58. The first-order valence-electron chi connectivity index (χ1n) is 5.50. The van der Waals surface area contributed by atoms with Crippen LogP contribution in [0.15, 0.2) is 29.5 Å². The van der Waals surface area contributed by atoms with E-state index < -0.39 is 11.7 Å². The summed E-state index contributed by atoms with van der Waals surface area (Å²) in [5.41, 5.74) is 6.20. The molecule has 0 bridgehead atoms. The summed E-state index contributed by atoms with van der Waals surface area (Å²) in [6.45, 7) is 1.77. The highest BCUT2D eigenvalue weighted by molar-refractivity contribution is 14.1. The highest BCUT2D eigenvalue weighted by Crippen LogP contribution is 2.32. The Morgan fingerprint density at radius 2 is 2.10 bits per heavy atom. The zero-order valence-electron chi connectivity index (χ0n) is 10.3. The lowest BCUT2D eigenvalue weighted by Gasteiger charge is -2.09. The van der Waals surface area contributed by atoms with Gasteiger partial charge in [0, 0.05) is 3.57 Å². The first kappa shape index (κ1) is 14.8. The van der Waals surface area contributed by atoms with Crippen molar-refractivity contribution in [1.29, 1.82) is 0 Å². The summed E-state index contributed by atoms with van der Waals surface area (Å²) in [6, 6.07) is 3.80. The SMILES string of the molecule is Cc1cn(N=Cc2ccc(C(F)(F)F)c(I)c2)c(N)n1. The van der Waals surface area contributed by atoms with Gasteiger partial charge in [0.1, 0.15) is 0 Å². The van der Waals surface area contributed by atoms with Gasteiger partial charge in [0.25, 0.3) is 0 Å². The number of anilines is 1. The van der Waals surface area contributed by atoms with Crippen LogP contribution in [0.3, 0.4) is 0 Å². The van der Waals surface area contributed by atoms with Crippen molar-refractivity contribution < 1.29 is 13.2 Å². The fraction of sp³-hybridized carbons (Fsp3) is 0.167. The smallest absolute Gasteiger partial charge is 0.368 e. The minimum Gasteiger partial charge on any atom is -0.368 e. The molecule has 0 saturated carbocycles. The van der Waals surface area contributed by atoms with Gasteiger partial charge in [-0.2, -0.15) is 18.3 Å². The van der Waals surface area contributed by atoms with Crippen molar-refractivity contribution in [3.05, 3.63) is 44.8 Å². The van der Waals surface area contributed by atoms with Crippen molar-refractivity contribution in [2.24, 2.45) is 5.10 Å². The highest BCUT2D eigenvalue weighted by atomic mass is 127. The minimum atomic E-state index is -4.35. The number of nitrogens with two attached hydrogens (primary N) is 1. The summed E-state index contributed by atoms with van der Waals surface area (Å²) in [6.07, 6.45) is -1.29. The molecule has 20 heavy (non-hydrogen) atoms. The summed E-state index contributed by atoms with van der Waals surface area (Å²) in [7, 11) is 0. The van der Waals surface area contributed by atoms with E-state index in [4.69, 9.17) is 5.73 Å². The molecule has 0 aliphatic heterocycles. The predicted molar refractivity (Wildman–Crippen MR) is 78.5 cm³/mol. The molecule has 1 aromatic heterocycles. The first-order valence-corrected chi connectivity index (χ1v) is 6.58. The average molecular weight is 394 g/mol. The molecular formula is C12H10F3IN4. The molecular weight excluding hydrogens is 384 g/mol. The van der Waals surface area contributed by atoms with Gasteiger partial charge < -0.3 is 5.73 Å². The van der Waals surface area contributed by atoms with Gasteiger partial charge in [-0.25, -0.2) is 9.66 Å². The third-order valence-corrected chi connectivity index (χ3v) is 3.36. The lowest BCUT2D eigenvalue weighted by atomic mass is 10.1. The van der Waals surface area contributed by atoms with Crippen LogP contribution < -0.4 is 5.73 Å². The van der Waals surface area contributed by atoms with Crippen LogP contribution in [0.1, 0.15) is 16.8 Å². The number of aryl methyl sites for hydroxylation is 1. The predicted octanol–water partition coefficient (Wildman–Crippen LogP) is 3.28. The van der Waals surface area contributed by atoms with Gasteiger partial charge in [0.2, 0.25) is 5.95 Å². The van der Waals surface area contributed by atoms with Crippen molar-refractivity contribution >= 4 is 34.8 Å². The largest absolute Gasteiger partial charge is 0.417 e. The lowest BCUT2D eigenvalue weighted by molar-refractivity contribution is -0.138. The van der Waals surface area contributed by atoms with E-state index in [9.17, 15) is 13.2 Å². The van der Waals surface area contributed by atoms with Gasteiger partial charge in [0.15, 0.2) is 0 Å². The van der Waals surface area contributed by atoms with Crippen LogP contribution >= 0.6 is 22.6 Å². The molecule has 0 spiro atoms. The number of imidazole rings is 1. The number of halogens is 4. The lowest BCUT2D eigenvalue weighted by Crippen LogP contribution is -2.07. The molecule has 1 aromatic carbocycles. The monoisotopic (exact) mass is 394 g/mol. The second kappa shape index (κ2) is 5.43. The Kier molecular flexibility index (Phi) is 4.02. The molecule has 0 unspecified atom stereocenters. The van der Waals surface area contributed by atoms with Crippen LogP contribution in [0.2, 0.25) is 0 Å². The number of hydrogen-bond acceptors (Lipinski definition) is 3. The van der Waals surface area contributed by atoms with Crippen LogP contribution in [0.4, 0.5) is 19.1 Å². The Morgan fingerprint density at radius 1 is 1.40 bits per heavy atom. The van der Waals surface area contributed by atoms with E-state index in [1.165, 1.54) is 23.0 Å². The van der Waals surface area contributed by atoms with Gasteiger partial charge in [-0.1, -0.05) is 6.07 Å². The van der Waals surface area contributed by atoms with Crippen LogP contribution in [0, 0.1) is 10.5 Å². The van der Waals surface area contributed by atoms with Gasteiger partial charge in [-0.15, -0.1) is 0 Å². The van der Waals surface area contributed by atoms with Gasteiger partial charge >= 0.3 is 6.18 Å². The summed E-state index contributed by atoms with van der Waals surface area (Å²) < 4.78 is 39.3. The van der Waals surface area contributed by atoms with E-state index in [1.807, 2.05) is 0 Å². The number of hydrogen-bond donors (Lipinski definition) is 1. The normalized spacial score (nSPS) is 12.2. The van der Waals surface area contributed by atoms with Crippen LogP contribution in [0.25, 0.3) is 0 Å². The van der Waals surface area contributed by atoms with E-state index in [-0.39, 0.29) is 9.52 Å². The second-order valence-electron chi connectivity index (χ2n) is 4.07. The topological polar surface area (TPSA) is 56.2 Å². The maximum atomic E-state index is 12.6. The number of aromatic nitrogens is 2. The third-order valence-electron chi connectivity index (χ3n) is 2.46. The van der Waals surface area contributed by atoms with Crippen molar-refractivity contribution in [2.75, 3.05) is 5.73 Å². The van der Waals surface area contributed by atoms with Crippen molar-refractivity contribution in [3.8, 4) is 0 Å². The molecule has 0 radical (unpaired) electrons. The number of nitrogens with zero attached hydrogens (tertiary/aromatic N) is 3. The Balaban J connectivity index is 2.27. The molecule has 1 heterocycles. The molecule has 2 rings (SSSR count). The maximum Gasteiger partial charge on any atom is 0.417 e. The summed E-state index contributed by atoms with van der Waals surface area (Å²) in [5, 5.41) is 4.05. The van der Waals surface area contributed by atoms with Crippen molar-refractivity contribution in [3.63, 3.8) is 0 Å². The first-order chi connectivity index (χ1) is 9.27. The average Bonchev–Trinajstić information content (AvgIpc) is 2.63. The molecule has 0 atom stereocenters. The number of benzene rings is 1. The minimum absolute atomic E-state index is 0.119. The summed E-state index contributed by atoms with van der Waals surface area (Å²) in [5.74, 6) is 0.223. The van der Waals surface area contributed by atoms with Gasteiger partial charge in [0.05, 0.1) is 23.7 Å². The van der Waals surface area contributed by atoms with Gasteiger partial charge in [-0.05, 0) is 47.2 Å². The number of rotatable bonds is 2. The molecule has 4 nitrogen and oxygen atoms in total. The van der Waals surface area contributed by atoms with E-state index in [2.05, 4.69) is 10.1 Å². The van der Waals surface area contributed by atoms with Gasteiger partial charge in [-0.3, -0.25) is 0 Å². The Morgan fingerprint density at radius 3 is 2.60 bits per heavy atom. The fourth-order valence-corrected chi connectivity index (χ4v) is 2.41. The zero-order chi connectivity index (χ0) is 14.9. The van der Waals surface area contributed by atoms with E-state index >= 15 is 0 Å². The van der Waals surface area contributed by atoms with E-state index in [0.717, 1.165) is 6.07 Å². The molecule has 106 valence electrons. The van der Waals surface area contributed by atoms with Crippen LogP contribution in [0.5, 0.6) is 0 Å². The molecule has 2 N–H and O–H groups in total. The Bertz CT molecular complexity index is 661. The molecule has 0 amide bonds. The van der Waals surface area contributed by atoms with Crippen molar-refractivity contribution in [1.82, 2.24) is 9.66 Å². The number of nitrogen functional groups attached to an aromatic ring is 1. The highest BCUT2D eigenvalue weighted by Gasteiger charge is 2.32. The molecule has 0 aliphatic carbocycles. The van der Waals surface area contributed by atoms with Crippen molar-refractivity contribution in [2.45, 2.75) is 13.1 Å².